The van der Waals surface area contributed by atoms with Gasteiger partial charge in [0.1, 0.15) is 11.6 Å². The fourth-order valence-corrected chi connectivity index (χ4v) is 3.40. The molecule has 0 aliphatic carbocycles. The number of nitrogens with two attached hydrogens (primary N) is 1. The lowest BCUT2D eigenvalue weighted by atomic mass is 9.94. The summed E-state index contributed by atoms with van der Waals surface area (Å²) in [6, 6.07) is 2.11. The number of aromatic nitrogens is 2. The quantitative estimate of drug-likeness (QED) is 0.858. The van der Waals surface area contributed by atoms with Gasteiger partial charge in [-0.15, -0.1) is 0 Å². The third kappa shape index (κ3) is 4.17. The number of rotatable bonds is 4. The van der Waals surface area contributed by atoms with E-state index in [4.69, 9.17) is 10.5 Å². The molecule has 1 aromatic rings. The molecule has 0 spiro atoms. The lowest BCUT2D eigenvalue weighted by molar-refractivity contribution is -0.119. The molecule has 0 saturated carbocycles. The number of hydrogen-bond acceptors (Lipinski definition) is 6. The number of hydrogen-bond donors (Lipinski definition) is 1. The SMILES string of the molecule is Cc1nc([C@H]2CCCN(CC(N)=O)C2)cc(N2CCOCC2)n1. The van der Waals surface area contributed by atoms with E-state index in [2.05, 4.69) is 25.8 Å². The van der Waals surface area contributed by atoms with Crippen LogP contribution < -0.4 is 10.6 Å². The van der Waals surface area contributed by atoms with Crippen LogP contribution in [0.15, 0.2) is 6.07 Å². The van der Waals surface area contributed by atoms with E-state index in [1.54, 1.807) is 0 Å². The Morgan fingerprint density at radius 1 is 1.35 bits per heavy atom. The number of piperidine rings is 1. The highest BCUT2D eigenvalue weighted by Gasteiger charge is 2.25. The highest BCUT2D eigenvalue weighted by Crippen LogP contribution is 2.27. The van der Waals surface area contributed by atoms with Crippen molar-refractivity contribution in [1.82, 2.24) is 14.9 Å². The minimum atomic E-state index is -0.265. The van der Waals surface area contributed by atoms with Crippen molar-refractivity contribution < 1.29 is 9.53 Å². The normalized spacial score (nSPS) is 23.0. The van der Waals surface area contributed by atoms with Crippen LogP contribution in [-0.2, 0) is 9.53 Å². The molecule has 0 bridgehead atoms. The largest absolute Gasteiger partial charge is 0.378 e. The van der Waals surface area contributed by atoms with E-state index in [0.717, 1.165) is 69.6 Å². The zero-order valence-corrected chi connectivity index (χ0v) is 13.7. The fraction of sp³-hybridized carbons (Fsp3) is 0.688. The van der Waals surface area contributed by atoms with Gasteiger partial charge < -0.3 is 15.4 Å². The molecule has 0 unspecified atom stereocenters. The molecular weight excluding hydrogens is 294 g/mol. The third-order valence-electron chi connectivity index (χ3n) is 4.48. The van der Waals surface area contributed by atoms with Crippen molar-refractivity contribution in [1.29, 1.82) is 0 Å². The Labute approximate surface area is 136 Å². The Balaban J connectivity index is 1.76. The molecule has 3 rings (SSSR count). The fourth-order valence-electron chi connectivity index (χ4n) is 3.40. The number of anilines is 1. The second-order valence-corrected chi connectivity index (χ2v) is 6.34. The summed E-state index contributed by atoms with van der Waals surface area (Å²) in [6.07, 6.45) is 2.15. The van der Waals surface area contributed by atoms with E-state index in [9.17, 15) is 4.79 Å². The van der Waals surface area contributed by atoms with Crippen molar-refractivity contribution in [2.45, 2.75) is 25.7 Å². The summed E-state index contributed by atoms with van der Waals surface area (Å²) in [5, 5.41) is 0. The van der Waals surface area contributed by atoms with E-state index in [-0.39, 0.29) is 5.91 Å². The maximum absolute atomic E-state index is 11.2. The average molecular weight is 319 g/mol. The minimum absolute atomic E-state index is 0.265. The number of aryl methyl sites for hydroxylation is 1. The standard InChI is InChI=1S/C16H25N5O2/c1-12-18-14(9-16(19-12)21-5-7-23-8-6-21)13-3-2-4-20(10-13)11-15(17)22/h9,13H,2-8,10-11H2,1H3,(H2,17,22)/t13-/m0/s1. The molecule has 2 aliphatic rings. The minimum Gasteiger partial charge on any atom is -0.378 e. The Bertz CT molecular complexity index is 559. The number of likely N-dealkylation sites (tertiary alicyclic amines) is 1. The third-order valence-corrected chi connectivity index (χ3v) is 4.48. The first-order chi connectivity index (χ1) is 11.1. The van der Waals surface area contributed by atoms with Crippen molar-refractivity contribution >= 4 is 11.7 Å². The van der Waals surface area contributed by atoms with Crippen LogP contribution in [0.5, 0.6) is 0 Å². The van der Waals surface area contributed by atoms with Crippen LogP contribution >= 0.6 is 0 Å². The molecule has 2 N–H and O–H groups in total. The zero-order chi connectivity index (χ0) is 16.2. The van der Waals surface area contributed by atoms with Crippen molar-refractivity contribution in [3.8, 4) is 0 Å². The molecule has 0 radical (unpaired) electrons. The van der Waals surface area contributed by atoms with Gasteiger partial charge in [-0.3, -0.25) is 9.69 Å². The molecule has 1 amide bonds. The van der Waals surface area contributed by atoms with Gasteiger partial charge in [0, 0.05) is 31.6 Å². The van der Waals surface area contributed by atoms with Crippen LogP contribution in [0.4, 0.5) is 5.82 Å². The number of carbonyl (C=O) groups is 1. The summed E-state index contributed by atoms with van der Waals surface area (Å²) in [4.78, 5) is 24.8. The van der Waals surface area contributed by atoms with Crippen LogP contribution in [0.2, 0.25) is 0 Å². The Hall–Kier alpha value is -1.73. The number of carbonyl (C=O) groups excluding carboxylic acids is 1. The highest BCUT2D eigenvalue weighted by atomic mass is 16.5. The predicted octanol–water partition coefficient (Wildman–Crippen LogP) is 0.286. The summed E-state index contributed by atoms with van der Waals surface area (Å²) in [6.45, 7) is 7.27. The molecule has 0 aromatic carbocycles. The molecule has 126 valence electrons. The predicted molar refractivity (Wildman–Crippen MR) is 87.4 cm³/mol. The maximum atomic E-state index is 11.2. The number of nitrogens with zero attached hydrogens (tertiary/aromatic N) is 4. The van der Waals surface area contributed by atoms with Gasteiger partial charge in [-0.05, 0) is 26.3 Å². The Morgan fingerprint density at radius 3 is 2.87 bits per heavy atom. The molecule has 3 heterocycles. The molecule has 2 fully saturated rings. The Kier molecular flexibility index (Phi) is 5.07. The lowest BCUT2D eigenvalue weighted by Crippen LogP contribution is -2.40. The van der Waals surface area contributed by atoms with E-state index in [1.807, 2.05) is 6.92 Å². The summed E-state index contributed by atoms with van der Waals surface area (Å²) in [5.74, 6) is 1.86. The average Bonchev–Trinajstić information content (AvgIpc) is 2.55. The summed E-state index contributed by atoms with van der Waals surface area (Å²) in [7, 11) is 0. The molecule has 2 aliphatic heterocycles. The maximum Gasteiger partial charge on any atom is 0.231 e. The first kappa shape index (κ1) is 16.1. The number of ether oxygens (including phenoxy) is 1. The van der Waals surface area contributed by atoms with Gasteiger partial charge in [0.05, 0.1) is 25.5 Å². The molecule has 1 aromatic heterocycles. The van der Waals surface area contributed by atoms with Gasteiger partial charge in [-0.1, -0.05) is 0 Å². The van der Waals surface area contributed by atoms with E-state index < -0.39 is 0 Å². The molecular formula is C16H25N5O2. The second kappa shape index (κ2) is 7.23. The highest BCUT2D eigenvalue weighted by molar-refractivity contribution is 5.75. The van der Waals surface area contributed by atoms with Crippen LogP contribution in [0.1, 0.15) is 30.3 Å². The monoisotopic (exact) mass is 319 g/mol. The molecule has 7 heteroatoms. The van der Waals surface area contributed by atoms with Crippen LogP contribution in [-0.4, -0.2) is 66.7 Å². The Morgan fingerprint density at radius 2 is 2.13 bits per heavy atom. The van der Waals surface area contributed by atoms with Crippen LogP contribution in [0.25, 0.3) is 0 Å². The first-order valence-electron chi connectivity index (χ1n) is 8.31. The first-order valence-corrected chi connectivity index (χ1v) is 8.31. The zero-order valence-electron chi connectivity index (χ0n) is 13.7. The van der Waals surface area contributed by atoms with Gasteiger partial charge in [-0.2, -0.15) is 0 Å². The lowest BCUT2D eigenvalue weighted by Gasteiger charge is -2.32. The van der Waals surface area contributed by atoms with Crippen molar-refractivity contribution in [3.05, 3.63) is 17.6 Å². The second-order valence-electron chi connectivity index (χ2n) is 6.34. The molecule has 1 atom stereocenters. The topological polar surface area (TPSA) is 84.6 Å². The van der Waals surface area contributed by atoms with Gasteiger partial charge in [0.2, 0.25) is 5.91 Å². The van der Waals surface area contributed by atoms with Gasteiger partial charge in [0.15, 0.2) is 0 Å². The number of primary amides is 1. The van der Waals surface area contributed by atoms with E-state index >= 15 is 0 Å². The molecule has 7 nitrogen and oxygen atoms in total. The van der Waals surface area contributed by atoms with E-state index in [0.29, 0.717) is 12.5 Å². The summed E-state index contributed by atoms with van der Waals surface area (Å²) in [5.41, 5.74) is 6.41. The number of morpholine rings is 1. The van der Waals surface area contributed by atoms with Gasteiger partial charge in [0.25, 0.3) is 0 Å². The summed E-state index contributed by atoms with van der Waals surface area (Å²) >= 11 is 0. The summed E-state index contributed by atoms with van der Waals surface area (Å²) < 4.78 is 5.41. The van der Waals surface area contributed by atoms with Crippen LogP contribution in [0.3, 0.4) is 0 Å². The van der Waals surface area contributed by atoms with Crippen molar-refractivity contribution in [2.24, 2.45) is 5.73 Å². The van der Waals surface area contributed by atoms with Gasteiger partial charge >= 0.3 is 0 Å². The van der Waals surface area contributed by atoms with E-state index in [1.165, 1.54) is 0 Å². The molecule has 23 heavy (non-hydrogen) atoms. The van der Waals surface area contributed by atoms with Crippen LogP contribution in [0, 0.1) is 6.92 Å². The smallest absolute Gasteiger partial charge is 0.231 e. The van der Waals surface area contributed by atoms with Crippen molar-refractivity contribution in [3.63, 3.8) is 0 Å². The van der Waals surface area contributed by atoms with Crippen molar-refractivity contribution in [2.75, 3.05) is 50.8 Å². The number of amides is 1. The van der Waals surface area contributed by atoms with Gasteiger partial charge in [-0.25, -0.2) is 9.97 Å². The molecule has 2 saturated heterocycles.